The number of hydrogen-bond acceptors (Lipinski definition) is 12. The molecule has 5 heterocycles. The fraction of sp³-hybridized carbons (Fsp3) is 0.341. The van der Waals surface area contributed by atoms with Gasteiger partial charge in [-0.25, -0.2) is 8.78 Å². The first kappa shape index (κ1) is 79.3. The lowest BCUT2D eigenvalue weighted by Gasteiger charge is -2.25. The molecule has 21 nitrogen and oxygen atoms in total. The van der Waals surface area contributed by atoms with Gasteiger partial charge >= 0.3 is 17.9 Å². The van der Waals surface area contributed by atoms with Crippen molar-refractivity contribution in [1.82, 2.24) is 39.6 Å². The van der Waals surface area contributed by atoms with Crippen molar-refractivity contribution in [1.29, 1.82) is 0 Å². The number of aryl methyl sites for hydroxylation is 4. The van der Waals surface area contributed by atoms with E-state index >= 15 is 8.78 Å². The minimum absolute atomic E-state index is 0.0330. The lowest BCUT2D eigenvalue weighted by Crippen LogP contribution is -2.44. The molecule has 0 radical (unpaired) electrons. The highest BCUT2D eigenvalue weighted by molar-refractivity contribution is 5.88. The number of aliphatic imine (C=N–C) groups is 1. The van der Waals surface area contributed by atoms with Crippen LogP contribution in [-0.2, 0) is 35.2 Å². The summed E-state index contributed by atoms with van der Waals surface area (Å²) in [7, 11) is 0. The Labute approximate surface area is 608 Å². The molecule has 3 aromatic carbocycles. The van der Waals surface area contributed by atoms with E-state index in [4.69, 9.17) is 0 Å². The Bertz CT molecular complexity index is 4860. The third-order valence-electron chi connectivity index (χ3n) is 18.4. The van der Waals surface area contributed by atoms with Gasteiger partial charge in [0.15, 0.2) is 0 Å². The standard InChI is InChI=1S/C82H91F2N9O12/c1-45(2)27-67(80(103)88-64(36-73(97)98)52(11)39-85-40-53(12)76-49(8)15-14-16-50(76)9)93-26-23-56(35-72(93)96)62-19-17-51(10)77(54(62)13)60-33-58(41-86-43-60)65(37-74(99)100)89-82(105)69(29-47(5)6)92-25-22-55(32-71(92)95)31-57-18-20-63(83)78(79(57)84)61-34-59(42-87-44-61)66(38-75(101)102)90-81(104)68(28-46(3)4)91-24-21-48(7)30-70(91)94/h14-26,30,32-35,39-47,64-69H,11,27-29,31,36-38H2,1-10,12-13H3,(H,88,103)(H,89,105)(H,90,104)(H,97,98)(H,99,100)(H,101,102)/b53-40+,85-39-/t64-,65+,66+,67?,68?,69?/m1/s1. The summed E-state index contributed by atoms with van der Waals surface area (Å²) in [5.74, 6) is -7.91. The second-order valence-corrected chi connectivity index (χ2v) is 28.3. The summed E-state index contributed by atoms with van der Waals surface area (Å²) in [6.07, 6.45) is 11.7. The van der Waals surface area contributed by atoms with Crippen LogP contribution in [0.4, 0.5) is 8.78 Å². The van der Waals surface area contributed by atoms with Crippen LogP contribution in [0.3, 0.4) is 0 Å². The number of benzene rings is 3. The maximum absolute atomic E-state index is 16.8. The maximum atomic E-state index is 16.8. The van der Waals surface area contributed by atoms with Gasteiger partial charge in [0.05, 0.1) is 43.0 Å². The highest BCUT2D eigenvalue weighted by atomic mass is 19.1. The zero-order valence-corrected chi connectivity index (χ0v) is 61.2. The Hall–Kier alpha value is -11.4. The lowest BCUT2D eigenvalue weighted by molar-refractivity contribution is -0.139. The van der Waals surface area contributed by atoms with Crippen molar-refractivity contribution in [3.8, 4) is 33.4 Å². The van der Waals surface area contributed by atoms with Crippen molar-refractivity contribution in [2.24, 2.45) is 22.7 Å². The van der Waals surface area contributed by atoms with Gasteiger partial charge in [-0.1, -0.05) is 84.5 Å². The number of carboxylic acids is 3. The first-order valence-corrected chi connectivity index (χ1v) is 34.8. The van der Waals surface area contributed by atoms with E-state index < -0.39 is 125 Å². The van der Waals surface area contributed by atoms with Gasteiger partial charge in [0.2, 0.25) is 17.7 Å². The van der Waals surface area contributed by atoms with Gasteiger partial charge < -0.3 is 45.0 Å². The van der Waals surface area contributed by atoms with Crippen LogP contribution >= 0.6 is 0 Å². The van der Waals surface area contributed by atoms with E-state index in [0.717, 1.165) is 39.5 Å². The quantitative estimate of drug-likeness (QED) is 0.0214. The molecule has 6 N–H and O–H groups in total. The monoisotopic (exact) mass is 1430 g/mol. The number of nitrogens with one attached hydrogen (secondary N) is 3. The van der Waals surface area contributed by atoms with Crippen molar-refractivity contribution >= 4 is 47.4 Å². The Balaban J connectivity index is 1.01. The summed E-state index contributed by atoms with van der Waals surface area (Å²) < 4.78 is 36.6. The molecule has 105 heavy (non-hydrogen) atoms. The number of carbonyl (C=O) groups excluding carboxylic acids is 3. The topological polar surface area (TPSA) is 303 Å². The minimum atomic E-state index is -1.29. The van der Waals surface area contributed by atoms with E-state index in [2.05, 4.69) is 37.5 Å². The summed E-state index contributed by atoms with van der Waals surface area (Å²) >= 11 is 0. The van der Waals surface area contributed by atoms with Crippen LogP contribution in [0.15, 0.2) is 172 Å². The number of nitrogens with zero attached hydrogens (tertiary/aromatic N) is 6. The number of pyridine rings is 5. The predicted octanol–water partition coefficient (Wildman–Crippen LogP) is 13.4. The highest BCUT2D eigenvalue weighted by Gasteiger charge is 2.32. The third-order valence-corrected chi connectivity index (χ3v) is 18.4. The number of hydrogen-bond donors (Lipinski definition) is 6. The first-order valence-electron chi connectivity index (χ1n) is 34.8. The van der Waals surface area contributed by atoms with E-state index in [1.165, 1.54) is 93.5 Å². The molecule has 0 aliphatic rings. The molecule has 0 fully saturated rings. The fourth-order valence-corrected chi connectivity index (χ4v) is 13.4. The molecule has 0 bridgehead atoms. The van der Waals surface area contributed by atoms with Crippen LogP contribution in [0.25, 0.3) is 39.0 Å². The predicted molar refractivity (Wildman–Crippen MR) is 401 cm³/mol. The summed E-state index contributed by atoms with van der Waals surface area (Å²) in [5.41, 5.74) is 7.49. The summed E-state index contributed by atoms with van der Waals surface area (Å²) in [6.45, 7) is 26.7. The molecule has 550 valence electrons. The van der Waals surface area contributed by atoms with Gasteiger partial charge in [0.25, 0.3) is 16.7 Å². The van der Waals surface area contributed by atoms with Gasteiger partial charge in [0, 0.05) is 91.5 Å². The number of amides is 3. The van der Waals surface area contributed by atoms with Gasteiger partial charge in [-0.3, -0.25) is 58.1 Å². The normalized spacial score (nSPS) is 13.5. The molecule has 0 aliphatic carbocycles. The number of carboxylic acid groups (broad SMARTS) is 3. The van der Waals surface area contributed by atoms with Crippen molar-refractivity contribution < 1.29 is 52.9 Å². The first-order chi connectivity index (χ1) is 49.7. The number of aromatic nitrogens is 5. The number of carbonyl (C=O) groups is 6. The van der Waals surface area contributed by atoms with Crippen LogP contribution < -0.4 is 32.6 Å². The van der Waals surface area contributed by atoms with E-state index in [1.54, 1.807) is 37.5 Å². The zero-order valence-electron chi connectivity index (χ0n) is 61.2. The Kier molecular flexibility index (Phi) is 26.6. The summed E-state index contributed by atoms with van der Waals surface area (Å²) in [6, 6.07) is 17.3. The molecule has 0 saturated carbocycles. The zero-order chi connectivity index (χ0) is 76.8. The number of allylic oxidation sites excluding steroid dienone is 1. The molecule has 0 saturated heterocycles. The van der Waals surface area contributed by atoms with Crippen molar-refractivity contribution in [3.05, 3.63) is 251 Å². The van der Waals surface area contributed by atoms with E-state index in [-0.39, 0.29) is 65.7 Å². The SMILES string of the molecule is C=C(/C=N\C=C(/C)c1c(C)cccc1C)[C@@H](CC(=O)O)NC(=O)C(CC(C)C)n1ccc(-c2ccc(C)c(-c3cncc([C@H](CC(=O)O)NC(=O)C(CC(C)C)n4ccc(Cc5ccc(F)c(-c6cncc([C@H](CC(=O)O)NC(=O)C(CC(C)C)n7ccc(C)cc7=O)c6)c5F)cc4=O)c3)c2C)cc1=O. The lowest BCUT2D eigenvalue weighted by atomic mass is 9.89. The molecule has 0 spiro atoms. The second-order valence-electron chi connectivity index (χ2n) is 28.3. The molecule has 5 aromatic heterocycles. The Morgan fingerprint density at radius 1 is 0.552 bits per heavy atom. The average molecular weight is 1430 g/mol. The van der Waals surface area contributed by atoms with Crippen molar-refractivity contribution in [3.63, 3.8) is 0 Å². The molecular formula is C82H91F2N9O12. The molecule has 8 aromatic rings. The molecule has 3 unspecified atom stereocenters. The molecule has 0 aliphatic heterocycles. The van der Waals surface area contributed by atoms with Gasteiger partial charge in [-0.2, -0.15) is 0 Å². The third kappa shape index (κ3) is 20.3. The number of aliphatic carboxylic acids is 3. The Morgan fingerprint density at radius 3 is 1.53 bits per heavy atom. The van der Waals surface area contributed by atoms with E-state index in [9.17, 15) is 58.5 Å². The van der Waals surface area contributed by atoms with Crippen molar-refractivity contribution in [2.75, 3.05) is 0 Å². The Morgan fingerprint density at radius 2 is 1.04 bits per heavy atom. The average Bonchev–Trinajstić information content (AvgIpc) is 0.789. The smallest absolute Gasteiger partial charge is 0.305 e. The van der Waals surface area contributed by atoms with Crippen LogP contribution in [0.1, 0.15) is 173 Å². The van der Waals surface area contributed by atoms with Crippen LogP contribution in [0.2, 0.25) is 0 Å². The number of rotatable bonds is 32. The van der Waals surface area contributed by atoms with Crippen molar-refractivity contribution in [2.45, 2.75) is 164 Å². The molecule has 8 rings (SSSR count). The second kappa shape index (κ2) is 35.2. The summed E-state index contributed by atoms with van der Waals surface area (Å²) in [4.78, 5) is 135. The highest BCUT2D eigenvalue weighted by Crippen LogP contribution is 2.37. The molecule has 23 heteroatoms. The maximum Gasteiger partial charge on any atom is 0.305 e. The summed E-state index contributed by atoms with van der Waals surface area (Å²) in [5, 5.41) is 38.7. The van der Waals surface area contributed by atoms with E-state index in [1.807, 2.05) is 106 Å². The van der Waals surface area contributed by atoms with Crippen LogP contribution in [0, 0.1) is 64.0 Å². The fourth-order valence-electron chi connectivity index (χ4n) is 13.4. The van der Waals surface area contributed by atoms with Crippen LogP contribution in [0.5, 0.6) is 0 Å². The number of halogens is 2. The largest absolute Gasteiger partial charge is 0.481 e. The van der Waals surface area contributed by atoms with E-state index in [0.29, 0.717) is 38.9 Å². The minimum Gasteiger partial charge on any atom is -0.481 e. The van der Waals surface area contributed by atoms with Gasteiger partial charge in [0.1, 0.15) is 29.8 Å². The van der Waals surface area contributed by atoms with Crippen LogP contribution in [-0.4, -0.2) is 86.9 Å². The molecular weight excluding hydrogens is 1340 g/mol. The van der Waals surface area contributed by atoms with Gasteiger partial charge in [-0.05, 0) is 198 Å². The molecule has 6 atom stereocenters. The van der Waals surface area contributed by atoms with Gasteiger partial charge in [-0.15, -0.1) is 0 Å². The molecule has 3 amide bonds.